The molecule has 0 heterocycles. The molecule has 1 atom stereocenters. The monoisotopic (exact) mass is 284 g/mol. The molecule has 0 unspecified atom stereocenters. The molecule has 0 bridgehead atoms. The number of rotatable bonds is 7. The van der Waals surface area contributed by atoms with Crippen molar-refractivity contribution in [3.8, 4) is 0 Å². The lowest BCUT2D eigenvalue weighted by molar-refractivity contribution is -0.121. The second-order valence-corrected chi connectivity index (χ2v) is 6.10. The molecule has 1 amide bonds. The summed E-state index contributed by atoms with van der Waals surface area (Å²) in [6, 6.07) is 8.20. The Labute approximate surface area is 114 Å². The molecule has 0 saturated carbocycles. The Kier molecular flexibility index (Phi) is 5.98. The van der Waals surface area contributed by atoms with Gasteiger partial charge in [0.05, 0.1) is 4.90 Å². The Morgan fingerprint density at radius 1 is 1.26 bits per heavy atom. The molecule has 2 N–H and O–H groups in total. The van der Waals surface area contributed by atoms with E-state index in [4.69, 9.17) is 0 Å². The van der Waals surface area contributed by atoms with E-state index < -0.39 is 10.0 Å². The first-order chi connectivity index (χ1) is 8.95. The normalized spacial score (nSPS) is 12.9. The predicted octanol–water partition coefficient (Wildman–Crippen LogP) is 1.27. The van der Waals surface area contributed by atoms with E-state index >= 15 is 0 Å². The van der Waals surface area contributed by atoms with Gasteiger partial charge in [-0.15, -0.1) is 0 Å². The summed E-state index contributed by atoms with van der Waals surface area (Å²) in [5.74, 6) is -0.148. The number of nitrogens with one attached hydrogen (secondary N) is 2. The SMILES string of the molecule is CC[C@H](C)NC(=O)CCNS(=O)(=O)c1ccccc1. The lowest BCUT2D eigenvalue weighted by atomic mass is 10.2. The summed E-state index contributed by atoms with van der Waals surface area (Å²) in [6.07, 6.45) is 0.984. The maximum atomic E-state index is 11.8. The summed E-state index contributed by atoms with van der Waals surface area (Å²) in [6.45, 7) is 3.98. The highest BCUT2D eigenvalue weighted by Crippen LogP contribution is 2.06. The largest absolute Gasteiger partial charge is 0.354 e. The molecular formula is C13H20N2O3S. The Hall–Kier alpha value is -1.40. The lowest BCUT2D eigenvalue weighted by Crippen LogP contribution is -2.35. The summed E-state index contributed by atoms with van der Waals surface area (Å²) in [5.41, 5.74) is 0. The zero-order chi connectivity index (χ0) is 14.3. The predicted molar refractivity (Wildman–Crippen MR) is 74.1 cm³/mol. The van der Waals surface area contributed by atoms with Crippen molar-refractivity contribution in [2.75, 3.05) is 6.54 Å². The van der Waals surface area contributed by atoms with Gasteiger partial charge in [0.2, 0.25) is 15.9 Å². The van der Waals surface area contributed by atoms with Crippen molar-refractivity contribution in [3.63, 3.8) is 0 Å². The fourth-order valence-corrected chi connectivity index (χ4v) is 2.48. The van der Waals surface area contributed by atoms with Gasteiger partial charge < -0.3 is 5.32 Å². The van der Waals surface area contributed by atoms with Crippen LogP contribution in [0.1, 0.15) is 26.7 Å². The first-order valence-electron chi connectivity index (χ1n) is 6.29. The van der Waals surface area contributed by atoms with Gasteiger partial charge in [0.1, 0.15) is 0 Å². The average Bonchev–Trinajstić information content (AvgIpc) is 2.39. The molecule has 0 aliphatic carbocycles. The Bertz CT molecular complexity index is 500. The van der Waals surface area contributed by atoms with Crippen molar-refractivity contribution < 1.29 is 13.2 Å². The number of hydrogen-bond donors (Lipinski definition) is 2. The number of sulfonamides is 1. The first-order valence-corrected chi connectivity index (χ1v) is 7.78. The van der Waals surface area contributed by atoms with Crippen molar-refractivity contribution in [1.82, 2.24) is 10.0 Å². The van der Waals surface area contributed by atoms with Crippen LogP contribution >= 0.6 is 0 Å². The molecule has 0 spiro atoms. The van der Waals surface area contributed by atoms with E-state index in [9.17, 15) is 13.2 Å². The van der Waals surface area contributed by atoms with Crippen LogP contribution in [0.15, 0.2) is 35.2 Å². The van der Waals surface area contributed by atoms with E-state index in [1.54, 1.807) is 18.2 Å². The second-order valence-electron chi connectivity index (χ2n) is 4.34. The van der Waals surface area contributed by atoms with Crippen LogP contribution in [0.4, 0.5) is 0 Å². The van der Waals surface area contributed by atoms with Gasteiger partial charge in [0, 0.05) is 19.0 Å². The Morgan fingerprint density at radius 3 is 2.47 bits per heavy atom. The van der Waals surface area contributed by atoms with E-state index in [1.807, 2.05) is 13.8 Å². The fourth-order valence-electron chi connectivity index (χ4n) is 1.43. The highest BCUT2D eigenvalue weighted by Gasteiger charge is 2.13. The van der Waals surface area contributed by atoms with E-state index in [2.05, 4.69) is 10.0 Å². The van der Waals surface area contributed by atoms with Crippen LogP contribution in [-0.2, 0) is 14.8 Å². The third-order valence-electron chi connectivity index (χ3n) is 2.72. The van der Waals surface area contributed by atoms with Gasteiger partial charge in [-0.25, -0.2) is 13.1 Å². The molecule has 0 fully saturated rings. The van der Waals surface area contributed by atoms with Gasteiger partial charge in [-0.05, 0) is 25.5 Å². The zero-order valence-electron chi connectivity index (χ0n) is 11.2. The van der Waals surface area contributed by atoms with Crippen LogP contribution in [0.3, 0.4) is 0 Å². The minimum Gasteiger partial charge on any atom is -0.354 e. The van der Waals surface area contributed by atoms with Crippen molar-refractivity contribution >= 4 is 15.9 Å². The van der Waals surface area contributed by atoms with Gasteiger partial charge in [0.15, 0.2) is 0 Å². The first kappa shape index (κ1) is 15.7. The minimum atomic E-state index is -3.52. The molecule has 0 aliphatic heterocycles. The van der Waals surface area contributed by atoms with E-state index in [0.717, 1.165) is 6.42 Å². The van der Waals surface area contributed by atoms with Crippen molar-refractivity contribution in [2.24, 2.45) is 0 Å². The summed E-state index contributed by atoms with van der Waals surface area (Å²) < 4.78 is 26.1. The number of hydrogen-bond acceptors (Lipinski definition) is 3. The molecule has 106 valence electrons. The molecule has 0 aromatic heterocycles. The quantitative estimate of drug-likeness (QED) is 0.791. The third kappa shape index (κ3) is 5.40. The molecular weight excluding hydrogens is 264 g/mol. The molecule has 5 nitrogen and oxygen atoms in total. The molecule has 0 radical (unpaired) electrons. The second kappa shape index (κ2) is 7.25. The maximum Gasteiger partial charge on any atom is 0.240 e. The topological polar surface area (TPSA) is 75.3 Å². The molecule has 0 saturated heterocycles. The highest BCUT2D eigenvalue weighted by atomic mass is 32.2. The van der Waals surface area contributed by atoms with Crippen LogP contribution in [0.25, 0.3) is 0 Å². The van der Waals surface area contributed by atoms with Gasteiger partial charge in [-0.1, -0.05) is 25.1 Å². The summed E-state index contributed by atoms with van der Waals surface area (Å²) in [4.78, 5) is 11.7. The number of amides is 1. The zero-order valence-corrected chi connectivity index (χ0v) is 12.0. The molecule has 19 heavy (non-hydrogen) atoms. The van der Waals surface area contributed by atoms with Crippen LogP contribution in [0.2, 0.25) is 0 Å². The molecule has 1 rings (SSSR count). The maximum absolute atomic E-state index is 11.8. The molecule has 0 aliphatic rings. The highest BCUT2D eigenvalue weighted by molar-refractivity contribution is 7.89. The molecule has 1 aromatic carbocycles. The standard InChI is InChI=1S/C13H20N2O3S/c1-3-11(2)15-13(16)9-10-14-19(17,18)12-7-5-4-6-8-12/h4-8,11,14H,3,9-10H2,1-2H3,(H,15,16)/t11-/m0/s1. The Morgan fingerprint density at radius 2 is 1.89 bits per heavy atom. The molecule has 6 heteroatoms. The molecule has 1 aromatic rings. The van der Waals surface area contributed by atoms with Crippen LogP contribution in [0.5, 0.6) is 0 Å². The van der Waals surface area contributed by atoms with E-state index in [-0.39, 0.29) is 29.8 Å². The van der Waals surface area contributed by atoms with E-state index in [0.29, 0.717) is 0 Å². The average molecular weight is 284 g/mol. The van der Waals surface area contributed by atoms with Crippen molar-refractivity contribution in [2.45, 2.75) is 37.6 Å². The lowest BCUT2D eigenvalue weighted by Gasteiger charge is -2.11. The fraction of sp³-hybridized carbons (Fsp3) is 0.462. The van der Waals surface area contributed by atoms with Gasteiger partial charge >= 0.3 is 0 Å². The smallest absolute Gasteiger partial charge is 0.240 e. The van der Waals surface area contributed by atoms with Crippen LogP contribution in [-0.4, -0.2) is 26.9 Å². The Balaban J connectivity index is 2.43. The van der Waals surface area contributed by atoms with Gasteiger partial charge in [-0.3, -0.25) is 4.79 Å². The van der Waals surface area contributed by atoms with Crippen LogP contribution in [0, 0.1) is 0 Å². The van der Waals surface area contributed by atoms with Gasteiger partial charge in [0.25, 0.3) is 0 Å². The van der Waals surface area contributed by atoms with Crippen molar-refractivity contribution in [3.05, 3.63) is 30.3 Å². The number of benzene rings is 1. The third-order valence-corrected chi connectivity index (χ3v) is 4.19. The minimum absolute atomic E-state index is 0.0967. The van der Waals surface area contributed by atoms with E-state index in [1.165, 1.54) is 12.1 Å². The van der Waals surface area contributed by atoms with Crippen molar-refractivity contribution in [1.29, 1.82) is 0 Å². The van der Waals surface area contributed by atoms with Gasteiger partial charge in [-0.2, -0.15) is 0 Å². The number of carbonyl (C=O) groups is 1. The van der Waals surface area contributed by atoms with Crippen LogP contribution < -0.4 is 10.0 Å². The summed E-state index contributed by atoms with van der Waals surface area (Å²) >= 11 is 0. The summed E-state index contributed by atoms with van der Waals surface area (Å²) in [5, 5.41) is 2.78. The number of carbonyl (C=O) groups excluding carboxylic acids is 1. The summed E-state index contributed by atoms with van der Waals surface area (Å²) in [7, 11) is -3.52.